The van der Waals surface area contributed by atoms with Gasteiger partial charge in [-0.05, 0) is 37.7 Å². The quantitative estimate of drug-likeness (QED) is 0.910. The van der Waals surface area contributed by atoms with Crippen molar-refractivity contribution in [1.82, 2.24) is 10.2 Å². The van der Waals surface area contributed by atoms with Crippen molar-refractivity contribution in [1.29, 1.82) is 0 Å². The highest BCUT2D eigenvalue weighted by Crippen LogP contribution is 2.52. The number of likely N-dealkylation sites (tertiary alicyclic amines) is 1. The van der Waals surface area contributed by atoms with Gasteiger partial charge in [0.2, 0.25) is 5.91 Å². The van der Waals surface area contributed by atoms with Crippen LogP contribution in [-0.4, -0.2) is 35.0 Å². The fourth-order valence-electron chi connectivity index (χ4n) is 5.43. The summed E-state index contributed by atoms with van der Waals surface area (Å²) in [5.41, 5.74) is 1.62. The number of carbonyl (C=O) groups is 1. The molecular formula is C19H26N2O. The Morgan fingerprint density at radius 2 is 2.09 bits per heavy atom. The Kier molecular flexibility index (Phi) is 3.30. The Morgan fingerprint density at radius 1 is 1.32 bits per heavy atom. The van der Waals surface area contributed by atoms with Gasteiger partial charge in [0.15, 0.2) is 0 Å². The molecule has 1 aromatic rings. The minimum Gasteiger partial charge on any atom is -0.334 e. The second-order valence-corrected chi connectivity index (χ2v) is 7.67. The van der Waals surface area contributed by atoms with E-state index >= 15 is 0 Å². The van der Waals surface area contributed by atoms with Gasteiger partial charge in [0, 0.05) is 30.5 Å². The summed E-state index contributed by atoms with van der Waals surface area (Å²) in [6.07, 6.45) is 5.88. The van der Waals surface area contributed by atoms with E-state index in [2.05, 4.69) is 47.5 Å². The summed E-state index contributed by atoms with van der Waals surface area (Å²) in [6, 6.07) is 12.4. The molecule has 2 heterocycles. The summed E-state index contributed by atoms with van der Waals surface area (Å²) in [5.74, 6) is 0.256. The van der Waals surface area contributed by atoms with E-state index in [1.807, 2.05) is 0 Å². The maximum atomic E-state index is 12.5. The van der Waals surface area contributed by atoms with Crippen molar-refractivity contribution in [2.45, 2.75) is 70.1 Å². The SMILES string of the molecule is CC(=O)N1[C@@H](Cc2ccccc2)[C@@H]2C[C@@]3(C)[C@H](CCC[C@@H]13)N2. The van der Waals surface area contributed by atoms with Crippen LogP contribution < -0.4 is 5.32 Å². The third-order valence-corrected chi connectivity index (χ3v) is 6.41. The lowest BCUT2D eigenvalue weighted by Gasteiger charge is -2.53. The molecule has 1 saturated carbocycles. The predicted octanol–water partition coefficient (Wildman–Crippen LogP) is 2.75. The van der Waals surface area contributed by atoms with E-state index in [9.17, 15) is 4.79 Å². The van der Waals surface area contributed by atoms with Gasteiger partial charge in [0.05, 0.1) is 6.04 Å². The average Bonchev–Trinajstić information content (AvgIpc) is 2.84. The number of hydrogen-bond acceptors (Lipinski definition) is 2. The first-order valence-corrected chi connectivity index (χ1v) is 8.68. The first kappa shape index (κ1) is 14.3. The van der Waals surface area contributed by atoms with Crippen LogP contribution in [0.25, 0.3) is 0 Å². The maximum absolute atomic E-state index is 12.5. The predicted molar refractivity (Wildman–Crippen MR) is 87.5 cm³/mol. The van der Waals surface area contributed by atoms with E-state index in [0.29, 0.717) is 24.2 Å². The summed E-state index contributed by atoms with van der Waals surface area (Å²) in [6.45, 7) is 4.17. The van der Waals surface area contributed by atoms with Crippen LogP contribution in [0.1, 0.15) is 45.1 Å². The van der Waals surface area contributed by atoms with Crippen molar-refractivity contribution in [3.05, 3.63) is 35.9 Å². The topological polar surface area (TPSA) is 32.3 Å². The van der Waals surface area contributed by atoms with Gasteiger partial charge in [-0.15, -0.1) is 0 Å². The van der Waals surface area contributed by atoms with Crippen molar-refractivity contribution in [2.75, 3.05) is 0 Å². The van der Waals surface area contributed by atoms with Crippen molar-refractivity contribution in [3.63, 3.8) is 0 Å². The summed E-state index contributed by atoms with van der Waals surface area (Å²) < 4.78 is 0. The van der Waals surface area contributed by atoms with Gasteiger partial charge in [-0.2, -0.15) is 0 Å². The number of nitrogens with one attached hydrogen (secondary N) is 1. The van der Waals surface area contributed by atoms with Gasteiger partial charge >= 0.3 is 0 Å². The molecule has 3 fully saturated rings. The third-order valence-electron chi connectivity index (χ3n) is 6.41. The van der Waals surface area contributed by atoms with Gasteiger partial charge < -0.3 is 10.2 Å². The zero-order valence-corrected chi connectivity index (χ0v) is 13.6. The number of piperidine rings is 1. The molecule has 5 atom stereocenters. The molecular weight excluding hydrogens is 272 g/mol. The van der Waals surface area contributed by atoms with Crippen molar-refractivity contribution in [3.8, 4) is 0 Å². The number of amides is 1. The summed E-state index contributed by atoms with van der Waals surface area (Å²) >= 11 is 0. The molecule has 1 amide bonds. The molecule has 0 unspecified atom stereocenters. The molecule has 118 valence electrons. The number of nitrogens with zero attached hydrogens (tertiary/aromatic N) is 1. The minimum absolute atomic E-state index is 0.256. The second kappa shape index (κ2) is 5.09. The van der Waals surface area contributed by atoms with Crippen LogP contribution in [0.4, 0.5) is 0 Å². The Bertz CT molecular complexity index is 572. The Balaban J connectivity index is 1.69. The molecule has 1 aliphatic carbocycles. The Labute approximate surface area is 133 Å². The number of hydrogen-bond donors (Lipinski definition) is 1. The first-order valence-electron chi connectivity index (χ1n) is 8.68. The molecule has 2 aliphatic heterocycles. The standard InChI is InChI=1S/C19H26N2O/c1-13(22)21-16(11-14-7-4-3-5-8-14)15-12-19(2)17(20-15)9-6-10-18(19)21/h3-5,7-8,15-18,20H,6,9-12H2,1-2H3/t15-,16-,17-,18+,19-/m0/s1. The third kappa shape index (κ3) is 2.02. The number of rotatable bonds is 2. The van der Waals surface area contributed by atoms with Crippen molar-refractivity contribution >= 4 is 5.91 Å². The van der Waals surface area contributed by atoms with Gasteiger partial charge in [0.25, 0.3) is 0 Å². The monoisotopic (exact) mass is 298 g/mol. The minimum atomic E-state index is 0.256. The average molecular weight is 298 g/mol. The van der Waals surface area contributed by atoms with Gasteiger partial charge in [-0.3, -0.25) is 4.79 Å². The molecule has 2 saturated heterocycles. The number of fused-ring (bicyclic) bond motifs is 1. The highest BCUT2D eigenvalue weighted by Gasteiger charge is 2.59. The molecule has 4 rings (SSSR count). The van der Waals surface area contributed by atoms with Crippen LogP contribution in [-0.2, 0) is 11.2 Å². The molecule has 3 heteroatoms. The fourth-order valence-corrected chi connectivity index (χ4v) is 5.43. The molecule has 0 radical (unpaired) electrons. The zero-order chi connectivity index (χ0) is 15.3. The molecule has 2 bridgehead atoms. The van der Waals surface area contributed by atoms with Crippen LogP contribution in [0.5, 0.6) is 0 Å². The first-order chi connectivity index (χ1) is 10.6. The van der Waals surface area contributed by atoms with Crippen LogP contribution in [0.2, 0.25) is 0 Å². The van der Waals surface area contributed by atoms with Crippen LogP contribution >= 0.6 is 0 Å². The fraction of sp³-hybridized carbons (Fsp3) is 0.632. The smallest absolute Gasteiger partial charge is 0.220 e. The highest BCUT2D eigenvalue weighted by atomic mass is 16.2. The summed E-state index contributed by atoms with van der Waals surface area (Å²) in [4.78, 5) is 14.7. The second-order valence-electron chi connectivity index (χ2n) is 7.67. The van der Waals surface area contributed by atoms with Crippen LogP contribution in [0, 0.1) is 5.41 Å². The lowest BCUT2D eigenvalue weighted by Crippen LogP contribution is -2.62. The summed E-state index contributed by atoms with van der Waals surface area (Å²) in [5, 5.41) is 3.89. The molecule has 1 aromatic carbocycles. The molecule has 0 aromatic heterocycles. The Morgan fingerprint density at radius 3 is 2.82 bits per heavy atom. The molecule has 1 N–H and O–H groups in total. The van der Waals surface area contributed by atoms with E-state index in [4.69, 9.17) is 0 Å². The normalized spacial score (nSPS) is 39.8. The molecule has 3 aliphatic rings. The van der Waals surface area contributed by atoms with Gasteiger partial charge in [-0.1, -0.05) is 37.3 Å². The van der Waals surface area contributed by atoms with Crippen LogP contribution in [0.15, 0.2) is 30.3 Å². The van der Waals surface area contributed by atoms with E-state index < -0.39 is 0 Å². The number of carbonyl (C=O) groups excluding carboxylic acids is 1. The highest BCUT2D eigenvalue weighted by molar-refractivity contribution is 5.74. The van der Waals surface area contributed by atoms with E-state index in [1.165, 1.54) is 31.2 Å². The van der Waals surface area contributed by atoms with E-state index in [1.54, 1.807) is 6.92 Å². The molecule has 3 nitrogen and oxygen atoms in total. The van der Waals surface area contributed by atoms with Gasteiger partial charge in [-0.25, -0.2) is 0 Å². The van der Waals surface area contributed by atoms with E-state index in [-0.39, 0.29) is 11.3 Å². The number of benzene rings is 1. The van der Waals surface area contributed by atoms with Crippen molar-refractivity contribution in [2.24, 2.45) is 5.41 Å². The van der Waals surface area contributed by atoms with Gasteiger partial charge in [0.1, 0.15) is 0 Å². The maximum Gasteiger partial charge on any atom is 0.220 e. The molecule has 22 heavy (non-hydrogen) atoms. The lowest BCUT2D eigenvalue weighted by atomic mass is 9.64. The Hall–Kier alpha value is -1.35. The van der Waals surface area contributed by atoms with Crippen LogP contribution in [0.3, 0.4) is 0 Å². The van der Waals surface area contributed by atoms with Crippen molar-refractivity contribution < 1.29 is 4.79 Å². The summed E-state index contributed by atoms with van der Waals surface area (Å²) in [7, 11) is 0. The lowest BCUT2D eigenvalue weighted by molar-refractivity contribution is -0.142. The zero-order valence-electron chi connectivity index (χ0n) is 13.6. The largest absolute Gasteiger partial charge is 0.334 e. The molecule has 0 spiro atoms. The van der Waals surface area contributed by atoms with E-state index in [0.717, 1.165) is 6.42 Å².